The summed E-state index contributed by atoms with van der Waals surface area (Å²) in [4.78, 5) is 13.7. The van der Waals surface area contributed by atoms with Gasteiger partial charge in [-0.3, -0.25) is 0 Å². The molecule has 23 heavy (non-hydrogen) atoms. The van der Waals surface area contributed by atoms with Crippen molar-refractivity contribution in [2.24, 2.45) is 0 Å². The fraction of sp³-hybridized carbons (Fsp3) is 0.0556. The Bertz CT molecular complexity index is 920. The van der Waals surface area contributed by atoms with E-state index in [2.05, 4.69) is 15.3 Å². The lowest BCUT2D eigenvalue weighted by Crippen LogP contribution is -2.04. The van der Waals surface area contributed by atoms with E-state index >= 15 is 0 Å². The highest BCUT2D eigenvalue weighted by atomic mass is 32.1. The number of rotatable bonds is 4. The van der Waals surface area contributed by atoms with Gasteiger partial charge in [-0.1, -0.05) is 42.5 Å². The maximum atomic E-state index is 4.72. The highest BCUT2D eigenvalue weighted by Crippen LogP contribution is 2.25. The first-order chi connectivity index (χ1) is 11.4. The van der Waals surface area contributed by atoms with Gasteiger partial charge in [0.1, 0.15) is 5.82 Å². The molecule has 0 saturated heterocycles. The Morgan fingerprint density at radius 3 is 2.57 bits per heavy atom. The third-order valence-electron chi connectivity index (χ3n) is 3.56. The molecule has 5 heteroatoms. The van der Waals surface area contributed by atoms with E-state index < -0.39 is 0 Å². The molecule has 0 fully saturated rings. The Kier molecular flexibility index (Phi) is 3.70. The van der Waals surface area contributed by atoms with Crippen molar-refractivity contribution >= 4 is 28.1 Å². The molecule has 0 amide bonds. The van der Waals surface area contributed by atoms with Crippen molar-refractivity contribution in [2.75, 3.05) is 5.32 Å². The Morgan fingerprint density at radius 1 is 0.913 bits per heavy atom. The van der Waals surface area contributed by atoms with Crippen molar-refractivity contribution in [3.05, 3.63) is 71.2 Å². The largest absolute Gasteiger partial charge is 0.364 e. The molecule has 0 saturated carbocycles. The Morgan fingerprint density at radius 2 is 1.74 bits per heavy atom. The second-order valence-electron chi connectivity index (χ2n) is 5.11. The standard InChI is InChI=1S/C18H14N4S/c1-2-6-13(7-3-1)17-21-16-9-5-4-8-15(16)18(22-17)19-10-14-11-23-12-20-14/h1-9,11-12H,10H2,(H,19,21,22). The van der Waals surface area contributed by atoms with Crippen LogP contribution in [-0.2, 0) is 6.54 Å². The summed E-state index contributed by atoms with van der Waals surface area (Å²) >= 11 is 1.59. The van der Waals surface area contributed by atoms with Crippen LogP contribution in [0.2, 0.25) is 0 Å². The van der Waals surface area contributed by atoms with Gasteiger partial charge in [-0.15, -0.1) is 11.3 Å². The number of thiazole rings is 1. The molecule has 0 bridgehead atoms. The van der Waals surface area contributed by atoms with Crippen LogP contribution >= 0.6 is 11.3 Å². The lowest BCUT2D eigenvalue weighted by molar-refractivity contribution is 1.05. The van der Waals surface area contributed by atoms with Gasteiger partial charge >= 0.3 is 0 Å². The number of para-hydroxylation sites is 1. The van der Waals surface area contributed by atoms with E-state index in [0.29, 0.717) is 6.54 Å². The molecule has 1 N–H and O–H groups in total. The van der Waals surface area contributed by atoms with Gasteiger partial charge in [0.05, 0.1) is 23.3 Å². The van der Waals surface area contributed by atoms with Gasteiger partial charge in [-0.05, 0) is 12.1 Å². The summed E-state index contributed by atoms with van der Waals surface area (Å²) in [6, 6.07) is 18.1. The van der Waals surface area contributed by atoms with Crippen LogP contribution in [0.25, 0.3) is 22.3 Å². The third-order valence-corrected chi connectivity index (χ3v) is 4.19. The number of aromatic nitrogens is 3. The Balaban J connectivity index is 1.77. The number of anilines is 1. The minimum atomic E-state index is 0.652. The normalized spacial score (nSPS) is 10.8. The Hall–Kier alpha value is -2.79. The first-order valence-electron chi connectivity index (χ1n) is 7.33. The van der Waals surface area contributed by atoms with E-state index in [1.54, 1.807) is 11.3 Å². The molecule has 0 radical (unpaired) electrons. The summed E-state index contributed by atoms with van der Waals surface area (Å²) in [5, 5.41) is 6.45. The first-order valence-corrected chi connectivity index (χ1v) is 8.27. The van der Waals surface area contributed by atoms with Gasteiger partial charge in [0.2, 0.25) is 0 Å². The number of hydrogen-bond donors (Lipinski definition) is 1. The summed E-state index contributed by atoms with van der Waals surface area (Å²) in [5.74, 6) is 1.56. The van der Waals surface area contributed by atoms with Crippen LogP contribution in [0.1, 0.15) is 5.69 Å². The second kappa shape index (κ2) is 6.14. The predicted octanol–water partition coefficient (Wildman–Crippen LogP) is 4.37. The van der Waals surface area contributed by atoms with Crippen molar-refractivity contribution < 1.29 is 0 Å². The maximum absolute atomic E-state index is 4.72. The van der Waals surface area contributed by atoms with Crippen molar-refractivity contribution in [1.29, 1.82) is 0 Å². The van der Waals surface area contributed by atoms with Crippen LogP contribution in [0.5, 0.6) is 0 Å². The summed E-state index contributed by atoms with van der Waals surface area (Å²) in [5.41, 5.74) is 4.79. The van der Waals surface area contributed by atoms with E-state index in [0.717, 1.165) is 33.8 Å². The van der Waals surface area contributed by atoms with Crippen molar-refractivity contribution in [3.63, 3.8) is 0 Å². The number of hydrogen-bond acceptors (Lipinski definition) is 5. The van der Waals surface area contributed by atoms with Crippen LogP contribution in [-0.4, -0.2) is 15.0 Å². The summed E-state index contributed by atoms with van der Waals surface area (Å²) < 4.78 is 0. The molecule has 2 aromatic heterocycles. The van der Waals surface area contributed by atoms with E-state index in [4.69, 9.17) is 4.98 Å². The van der Waals surface area contributed by atoms with Gasteiger partial charge in [-0.25, -0.2) is 15.0 Å². The minimum Gasteiger partial charge on any atom is -0.364 e. The van der Waals surface area contributed by atoms with Crippen molar-refractivity contribution in [1.82, 2.24) is 15.0 Å². The summed E-state index contributed by atoms with van der Waals surface area (Å²) in [6.07, 6.45) is 0. The molecule has 4 nitrogen and oxygen atoms in total. The number of nitrogens with zero attached hydrogens (tertiary/aromatic N) is 3. The van der Waals surface area contributed by atoms with E-state index in [-0.39, 0.29) is 0 Å². The highest BCUT2D eigenvalue weighted by Gasteiger charge is 2.09. The maximum Gasteiger partial charge on any atom is 0.162 e. The van der Waals surface area contributed by atoms with Crippen LogP contribution in [0.15, 0.2) is 65.5 Å². The van der Waals surface area contributed by atoms with E-state index in [1.807, 2.05) is 65.5 Å². The van der Waals surface area contributed by atoms with E-state index in [1.165, 1.54) is 0 Å². The van der Waals surface area contributed by atoms with Crippen LogP contribution in [0.4, 0.5) is 5.82 Å². The third kappa shape index (κ3) is 2.91. The smallest absolute Gasteiger partial charge is 0.162 e. The van der Waals surface area contributed by atoms with Crippen LogP contribution in [0.3, 0.4) is 0 Å². The van der Waals surface area contributed by atoms with Crippen molar-refractivity contribution in [2.45, 2.75) is 6.54 Å². The van der Waals surface area contributed by atoms with Gasteiger partial charge in [0, 0.05) is 16.3 Å². The minimum absolute atomic E-state index is 0.652. The highest BCUT2D eigenvalue weighted by molar-refractivity contribution is 7.07. The molecule has 2 aromatic carbocycles. The molecule has 2 heterocycles. The van der Waals surface area contributed by atoms with Gasteiger partial charge < -0.3 is 5.32 Å². The van der Waals surface area contributed by atoms with Crippen molar-refractivity contribution in [3.8, 4) is 11.4 Å². The molecule has 0 atom stereocenters. The van der Waals surface area contributed by atoms with Gasteiger partial charge in [-0.2, -0.15) is 0 Å². The predicted molar refractivity (Wildman–Crippen MR) is 94.4 cm³/mol. The lowest BCUT2D eigenvalue weighted by Gasteiger charge is -2.10. The first kappa shape index (κ1) is 13.8. The van der Waals surface area contributed by atoms with E-state index in [9.17, 15) is 0 Å². The monoisotopic (exact) mass is 318 g/mol. The topological polar surface area (TPSA) is 50.7 Å². The number of fused-ring (bicyclic) bond motifs is 1. The average molecular weight is 318 g/mol. The Labute approximate surface area is 137 Å². The molecule has 4 aromatic rings. The molecule has 0 aliphatic heterocycles. The molecular weight excluding hydrogens is 304 g/mol. The zero-order chi connectivity index (χ0) is 15.5. The SMILES string of the molecule is c1ccc(-c2nc(NCc3cscn3)c3ccccc3n2)cc1. The molecule has 0 unspecified atom stereocenters. The molecule has 0 aliphatic carbocycles. The molecule has 4 rings (SSSR count). The molecule has 0 aliphatic rings. The molecular formula is C18H14N4S. The van der Waals surface area contributed by atoms with Crippen LogP contribution < -0.4 is 5.32 Å². The zero-order valence-corrected chi connectivity index (χ0v) is 13.1. The fourth-order valence-electron chi connectivity index (χ4n) is 2.43. The number of benzene rings is 2. The second-order valence-corrected chi connectivity index (χ2v) is 5.83. The average Bonchev–Trinajstić information content (AvgIpc) is 3.14. The fourth-order valence-corrected chi connectivity index (χ4v) is 2.99. The zero-order valence-electron chi connectivity index (χ0n) is 12.3. The molecule has 0 spiro atoms. The van der Waals surface area contributed by atoms with Gasteiger partial charge in [0.15, 0.2) is 5.82 Å². The van der Waals surface area contributed by atoms with Crippen LogP contribution in [0, 0.1) is 0 Å². The summed E-state index contributed by atoms with van der Waals surface area (Å²) in [7, 11) is 0. The molecule has 112 valence electrons. The number of nitrogens with one attached hydrogen (secondary N) is 1. The quantitative estimate of drug-likeness (QED) is 0.607. The van der Waals surface area contributed by atoms with Gasteiger partial charge in [0.25, 0.3) is 0 Å². The lowest BCUT2D eigenvalue weighted by atomic mass is 10.2. The summed E-state index contributed by atoms with van der Waals surface area (Å²) in [6.45, 7) is 0.652.